The highest BCUT2D eigenvalue weighted by molar-refractivity contribution is 14.1. The van der Waals surface area contributed by atoms with E-state index in [4.69, 9.17) is 9.47 Å². The lowest BCUT2D eigenvalue weighted by Crippen LogP contribution is -2.52. The molecule has 2 aliphatic rings. The third-order valence-electron chi connectivity index (χ3n) is 8.05. The lowest BCUT2D eigenvalue weighted by molar-refractivity contribution is -0.365. The second-order valence-corrected chi connectivity index (χ2v) is 11.6. The number of ether oxygens (including phenoxy) is 2. The minimum Gasteiger partial charge on any atom is -0.393 e. The van der Waals surface area contributed by atoms with Crippen molar-refractivity contribution in [2.45, 2.75) is 60.6 Å². The summed E-state index contributed by atoms with van der Waals surface area (Å²) in [6.07, 6.45) is 3.09. The van der Waals surface area contributed by atoms with Crippen LogP contribution in [0.15, 0.2) is 47.3 Å². The molecule has 0 N–H and O–H groups in total. The number of allylic oxidation sites excluding steroid dienone is 2. The zero-order valence-corrected chi connectivity index (χ0v) is 26.1. The van der Waals surface area contributed by atoms with Crippen LogP contribution in [0, 0.1) is 17.4 Å². The third-order valence-corrected chi connectivity index (χ3v) is 8.77. The van der Waals surface area contributed by atoms with Crippen LogP contribution in [0.1, 0.15) is 61.0 Å². The highest BCUT2D eigenvalue weighted by Gasteiger charge is 2.57. The lowest BCUT2D eigenvalue weighted by Gasteiger charge is -2.34. The minimum absolute atomic E-state index is 0.182. The average molecular weight is 661 g/mol. The molecule has 2 aromatic heterocycles. The number of hydrogen-bond acceptors (Lipinski definition) is 4. The summed E-state index contributed by atoms with van der Waals surface area (Å²) in [7, 11) is 1.62. The maximum absolute atomic E-state index is 17.0. The van der Waals surface area contributed by atoms with E-state index in [1.807, 2.05) is 58.9 Å². The van der Waals surface area contributed by atoms with Crippen LogP contribution in [-0.4, -0.2) is 57.0 Å². The average Bonchev–Trinajstić information content (AvgIpc) is 3.56. The van der Waals surface area contributed by atoms with Gasteiger partial charge >= 0.3 is 6.97 Å². The Bertz CT molecular complexity index is 1550. The van der Waals surface area contributed by atoms with Crippen molar-refractivity contribution >= 4 is 40.8 Å². The van der Waals surface area contributed by atoms with Gasteiger partial charge in [0.2, 0.25) is 0 Å². The monoisotopic (exact) mass is 661 g/mol. The van der Waals surface area contributed by atoms with Crippen molar-refractivity contribution in [3.05, 3.63) is 84.6 Å². The molecule has 0 saturated carbocycles. The van der Waals surface area contributed by atoms with Gasteiger partial charge in [0.1, 0.15) is 12.2 Å². The molecule has 40 heavy (non-hydrogen) atoms. The van der Waals surface area contributed by atoms with Gasteiger partial charge in [-0.15, -0.1) is 5.10 Å². The number of nitrogens with zero attached hydrogens (tertiary/aromatic N) is 5. The number of rotatable bonds is 10. The fourth-order valence-corrected chi connectivity index (χ4v) is 6.67. The zero-order chi connectivity index (χ0) is 28.8. The molecule has 0 fully saturated rings. The van der Waals surface area contributed by atoms with E-state index in [0.717, 1.165) is 37.0 Å². The summed E-state index contributed by atoms with van der Waals surface area (Å²) in [5.74, 6) is 0. The molecule has 212 valence electrons. The van der Waals surface area contributed by atoms with Crippen LogP contribution < -0.4 is 0 Å². The molecule has 0 unspecified atom stereocenters. The molecule has 0 bridgehead atoms. The number of halogens is 3. The molecule has 0 aliphatic carbocycles. The Labute approximate surface area is 247 Å². The molecule has 0 saturated heterocycles. The summed E-state index contributed by atoms with van der Waals surface area (Å²) in [4.78, 5) is 0. The lowest BCUT2D eigenvalue weighted by atomic mass is 9.83. The van der Waals surface area contributed by atoms with Crippen LogP contribution >= 0.6 is 22.6 Å². The van der Waals surface area contributed by atoms with Gasteiger partial charge in [0.05, 0.1) is 31.6 Å². The Balaban J connectivity index is 1.72. The Hall–Kier alpha value is -2.64. The first kappa shape index (κ1) is 28.9. The Morgan fingerprint density at radius 2 is 1.77 bits per heavy atom. The van der Waals surface area contributed by atoms with Crippen molar-refractivity contribution in [3.63, 3.8) is 0 Å². The molecule has 0 atom stereocenters. The van der Waals surface area contributed by atoms with E-state index in [-0.39, 0.29) is 13.2 Å². The van der Waals surface area contributed by atoms with Gasteiger partial charge in [0.25, 0.3) is 0 Å². The van der Waals surface area contributed by atoms with Crippen molar-refractivity contribution in [1.29, 1.82) is 0 Å². The van der Waals surface area contributed by atoms with E-state index in [1.54, 1.807) is 18.0 Å². The van der Waals surface area contributed by atoms with E-state index < -0.39 is 6.97 Å². The van der Waals surface area contributed by atoms with E-state index in [2.05, 4.69) is 32.9 Å². The quantitative estimate of drug-likeness (QED) is 0.154. The topological polar surface area (TPSA) is 57.1 Å². The summed E-state index contributed by atoms with van der Waals surface area (Å²) in [5, 5.41) is 8.47. The van der Waals surface area contributed by atoms with Crippen molar-refractivity contribution in [1.82, 2.24) is 19.5 Å². The second-order valence-electron chi connectivity index (χ2n) is 10.3. The predicted molar refractivity (Wildman–Crippen MR) is 162 cm³/mol. The van der Waals surface area contributed by atoms with Gasteiger partial charge in [0.15, 0.2) is 11.4 Å². The van der Waals surface area contributed by atoms with Gasteiger partial charge < -0.3 is 27.1 Å². The van der Waals surface area contributed by atoms with Crippen molar-refractivity contribution < 1.29 is 22.6 Å². The minimum atomic E-state index is -4.17. The first-order valence-corrected chi connectivity index (χ1v) is 14.8. The zero-order valence-electron chi connectivity index (χ0n) is 23.9. The van der Waals surface area contributed by atoms with Crippen molar-refractivity contribution in [2.24, 2.45) is 0 Å². The van der Waals surface area contributed by atoms with Crippen LogP contribution in [-0.2, 0) is 29.0 Å². The van der Waals surface area contributed by atoms with E-state index >= 15 is 8.63 Å². The predicted octanol–water partition coefficient (Wildman–Crippen LogP) is 5.92. The van der Waals surface area contributed by atoms with Crippen molar-refractivity contribution in [3.8, 4) is 0 Å². The van der Waals surface area contributed by atoms with E-state index in [9.17, 15) is 0 Å². The molecule has 2 aliphatic heterocycles. The van der Waals surface area contributed by atoms with Gasteiger partial charge in [-0.2, -0.15) is 0 Å². The number of fused-ring (bicyclic) bond motifs is 2. The Morgan fingerprint density at radius 1 is 1.05 bits per heavy atom. The summed E-state index contributed by atoms with van der Waals surface area (Å²) < 4.78 is 49.9. The molecule has 4 heterocycles. The molecular weight excluding hydrogens is 626 g/mol. The fourth-order valence-electron chi connectivity index (χ4n) is 6.31. The molecule has 11 heteroatoms. The molecule has 1 aromatic carbocycles. The SMILES string of the molecule is CCC1=C(C)C2=C(c3ccc(I)cc3)c3c(C)c(CC)c(C)n3[B-](F)(F)[N+]2=C1Cn1cc(COCCOC)nn1. The largest absolute Gasteiger partial charge is 0.737 e. The van der Waals surface area contributed by atoms with Crippen LogP contribution in [0.4, 0.5) is 8.63 Å². The first-order chi connectivity index (χ1) is 19.1. The number of aromatic nitrogens is 4. The summed E-state index contributed by atoms with van der Waals surface area (Å²) in [5.41, 5.74) is 8.56. The smallest absolute Gasteiger partial charge is 0.393 e. The third kappa shape index (κ3) is 4.69. The number of methoxy groups -OCH3 is 1. The van der Waals surface area contributed by atoms with Gasteiger partial charge in [-0.3, -0.25) is 0 Å². The van der Waals surface area contributed by atoms with Gasteiger partial charge in [-0.1, -0.05) is 31.2 Å². The first-order valence-electron chi connectivity index (χ1n) is 13.7. The molecule has 5 rings (SSSR count). The molecule has 7 nitrogen and oxygen atoms in total. The second kappa shape index (κ2) is 11.3. The highest BCUT2D eigenvalue weighted by atomic mass is 127. The van der Waals surface area contributed by atoms with Crippen LogP contribution in [0.25, 0.3) is 5.57 Å². The Kier molecular flexibility index (Phi) is 8.18. The van der Waals surface area contributed by atoms with Gasteiger partial charge in [-0.25, -0.2) is 4.68 Å². The van der Waals surface area contributed by atoms with Gasteiger partial charge in [-0.05, 0) is 90.7 Å². The summed E-state index contributed by atoms with van der Waals surface area (Å²) >= 11 is 2.28. The normalized spacial score (nSPS) is 16.3. The van der Waals surface area contributed by atoms with Crippen LogP contribution in [0.3, 0.4) is 0 Å². The summed E-state index contributed by atoms with van der Waals surface area (Å²) in [6.45, 7) is 7.07. The van der Waals surface area contributed by atoms with E-state index in [1.165, 1.54) is 8.96 Å². The van der Waals surface area contributed by atoms with Crippen LogP contribution in [0.5, 0.6) is 0 Å². The van der Waals surface area contributed by atoms with Gasteiger partial charge in [0, 0.05) is 27.5 Å². The van der Waals surface area contributed by atoms with Crippen molar-refractivity contribution in [2.75, 3.05) is 20.3 Å². The highest BCUT2D eigenvalue weighted by Crippen LogP contribution is 2.47. The van der Waals surface area contributed by atoms with E-state index in [0.29, 0.717) is 54.5 Å². The number of benzene rings is 1. The molecule has 0 spiro atoms. The molecule has 0 amide bonds. The Morgan fingerprint density at radius 3 is 2.42 bits per heavy atom. The maximum Gasteiger partial charge on any atom is 0.737 e. The molecule has 0 radical (unpaired) electrons. The fraction of sp³-hybridized carbons (Fsp3) is 0.414. The maximum atomic E-state index is 17.0. The standard InChI is InChI=1S/C29H35BF2IN5O2/c1-7-24-18(3)28-27(21-9-11-22(33)12-10-21)29-19(4)25(8-2)26(38(29)30(31,32)37(28)20(24)5)16-36-15-23(34-35-36)17-40-14-13-39-6/h9-12,15H,7-8,13-14,16-17H2,1-6H3. The van der Waals surface area contributed by atoms with Crippen LogP contribution in [0.2, 0.25) is 0 Å². The number of hydrogen-bond donors (Lipinski definition) is 0. The molecule has 3 aromatic rings. The molecular formula is C29H35BF2IN5O2. The summed E-state index contributed by atoms with van der Waals surface area (Å²) in [6, 6.07) is 8.15.